The summed E-state index contributed by atoms with van der Waals surface area (Å²) >= 11 is 0. The van der Waals surface area contributed by atoms with Gasteiger partial charge in [0.25, 0.3) is 0 Å². The average molecular weight is 352 g/mol. The van der Waals surface area contributed by atoms with Gasteiger partial charge in [0.15, 0.2) is 0 Å². The lowest BCUT2D eigenvalue weighted by Crippen LogP contribution is -2.59. The number of anilines is 1. The van der Waals surface area contributed by atoms with Gasteiger partial charge in [0, 0.05) is 23.6 Å². The van der Waals surface area contributed by atoms with Crippen molar-refractivity contribution in [3.8, 4) is 0 Å². The molecule has 0 radical (unpaired) electrons. The van der Waals surface area contributed by atoms with E-state index in [0.717, 1.165) is 29.9 Å². The van der Waals surface area contributed by atoms with Crippen LogP contribution in [0.2, 0.25) is 0 Å². The van der Waals surface area contributed by atoms with Crippen molar-refractivity contribution in [2.45, 2.75) is 63.3 Å². The van der Waals surface area contributed by atoms with Gasteiger partial charge in [-0.05, 0) is 80.8 Å². The first kappa shape index (κ1) is 16.3. The van der Waals surface area contributed by atoms with Crippen LogP contribution in [0.3, 0.4) is 0 Å². The van der Waals surface area contributed by atoms with E-state index in [0.29, 0.717) is 12.8 Å². The van der Waals surface area contributed by atoms with Crippen LogP contribution in [0.15, 0.2) is 24.3 Å². The summed E-state index contributed by atoms with van der Waals surface area (Å²) in [4.78, 5) is 25.0. The van der Waals surface area contributed by atoms with Gasteiger partial charge < -0.3 is 10.6 Å². The van der Waals surface area contributed by atoms with Crippen molar-refractivity contribution in [3.05, 3.63) is 29.8 Å². The fourth-order valence-electron chi connectivity index (χ4n) is 6.57. The minimum Gasteiger partial charge on any atom is -0.351 e. The molecule has 0 spiro atoms. The second kappa shape index (κ2) is 6.11. The number of carbonyl (C=O) groups is 2. The molecule has 0 saturated heterocycles. The summed E-state index contributed by atoms with van der Waals surface area (Å²) in [6.07, 6.45) is 9.55. The van der Waals surface area contributed by atoms with Crippen LogP contribution in [0.4, 0.5) is 5.69 Å². The summed E-state index contributed by atoms with van der Waals surface area (Å²) in [7, 11) is 0. The summed E-state index contributed by atoms with van der Waals surface area (Å²) in [6, 6.07) is 7.96. The van der Waals surface area contributed by atoms with Crippen LogP contribution in [-0.4, -0.2) is 17.4 Å². The summed E-state index contributed by atoms with van der Waals surface area (Å²) in [5, 5.41) is 6.42. The predicted molar refractivity (Wildman–Crippen MR) is 101 cm³/mol. The Morgan fingerprint density at radius 3 is 2.42 bits per heavy atom. The number of para-hydroxylation sites is 1. The number of amides is 2. The largest absolute Gasteiger partial charge is 0.351 e. The zero-order valence-corrected chi connectivity index (χ0v) is 15.3. The molecule has 4 nitrogen and oxygen atoms in total. The Hall–Kier alpha value is -1.84. The minimum absolute atomic E-state index is 0.0614. The molecule has 4 heteroatoms. The second-order valence-corrected chi connectivity index (χ2v) is 9.33. The van der Waals surface area contributed by atoms with Crippen molar-refractivity contribution >= 4 is 17.5 Å². The molecule has 2 N–H and O–H groups in total. The Kier molecular flexibility index (Phi) is 3.84. The highest BCUT2D eigenvalue weighted by Gasteiger charge is 2.51. The summed E-state index contributed by atoms with van der Waals surface area (Å²) in [5.74, 6) is 2.63. The summed E-state index contributed by atoms with van der Waals surface area (Å²) in [5.41, 5.74) is 2.18. The van der Waals surface area contributed by atoms with Gasteiger partial charge >= 0.3 is 0 Å². The maximum Gasteiger partial charge on any atom is 0.227 e. The normalized spacial score (nSPS) is 37.2. The molecule has 1 atom stereocenters. The van der Waals surface area contributed by atoms with Crippen molar-refractivity contribution in [2.75, 3.05) is 5.32 Å². The molecule has 1 aromatic rings. The molecular formula is C22H28N2O2. The van der Waals surface area contributed by atoms with Gasteiger partial charge in [-0.2, -0.15) is 0 Å². The van der Waals surface area contributed by atoms with E-state index in [4.69, 9.17) is 0 Å². The van der Waals surface area contributed by atoms with Gasteiger partial charge in [-0.25, -0.2) is 0 Å². The van der Waals surface area contributed by atoms with Crippen molar-refractivity contribution in [2.24, 2.45) is 23.7 Å². The number of carbonyl (C=O) groups excluding carboxylic acids is 2. The number of hydrogen-bond acceptors (Lipinski definition) is 2. The predicted octanol–water partition coefficient (Wildman–Crippen LogP) is 3.66. The van der Waals surface area contributed by atoms with E-state index in [1.54, 1.807) is 0 Å². The van der Waals surface area contributed by atoms with Crippen molar-refractivity contribution in [1.82, 2.24) is 5.32 Å². The molecule has 2 amide bonds. The Morgan fingerprint density at radius 1 is 1.08 bits per heavy atom. The third-order valence-electron chi connectivity index (χ3n) is 7.28. The highest BCUT2D eigenvalue weighted by molar-refractivity contribution is 5.96. The third kappa shape index (κ3) is 2.93. The van der Waals surface area contributed by atoms with Gasteiger partial charge in [0.05, 0.1) is 0 Å². The number of fused-ring (bicyclic) bond motifs is 1. The number of hydrogen-bond donors (Lipinski definition) is 2. The highest BCUT2D eigenvalue weighted by atomic mass is 16.2. The first-order valence-electron chi connectivity index (χ1n) is 10.3. The van der Waals surface area contributed by atoms with Gasteiger partial charge in [0.1, 0.15) is 0 Å². The molecule has 138 valence electrons. The molecule has 4 bridgehead atoms. The van der Waals surface area contributed by atoms with Gasteiger partial charge in [-0.1, -0.05) is 18.2 Å². The zero-order valence-electron chi connectivity index (χ0n) is 15.3. The maximum atomic E-state index is 12.7. The zero-order chi connectivity index (χ0) is 17.7. The summed E-state index contributed by atoms with van der Waals surface area (Å²) in [6.45, 7) is 0. The van der Waals surface area contributed by atoms with Crippen LogP contribution in [-0.2, 0) is 16.0 Å². The molecule has 5 aliphatic rings. The van der Waals surface area contributed by atoms with Crippen LogP contribution in [0.1, 0.15) is 56.9 Å². The van der Waals surface area contributed by atoms with Gasteiger partial charge in [0.2, 0.25) is 11.8 Å². The van der Waals surface area contributed by atoms with Gasteiger partial charge in [-0.3, -0.25) is 9.59 Å². The molecule has 4 fully saturated rings. The smallest absolute Gasteiger partial charge is 0.227 e. The van der Waals surface area contributed by atoms with Crippen molar-refractivity contribution < 1.29 is 9.59 Å². The molecular weight excluding hydrogens is 324 g/mol. The Labute approximate surface area is 155 Å². The van der Waals surface area contributed by atoms with E-state index in [1.165, 1.54) is 44.1 Å². The van der Waals surface area contributed by atoms with E-state index in [2.05, 4.69) is 16.7 Å². The lowest BCUT2D eigenvalue weighted by atomic mass is 9.53. The molecule has 1 heterocycles. The molecule has 0 aromatic heterocycles. The first-order valence-corrected chi connectivity index (χ1v) is 10.3. The van der Waals surface area contributed by atoms with Crippen molar-refractivity contribution in [1.29, 1.82) is 0 Å². The molecule has 6 rings (SSSR count). The third-order valence-corrected chi connectivity index (χ3v) is 7.28. The first-order chi connectivity index (χ1) is 12.6. The van der Waals surface area contributed by atoms with Crippen LogP contribution in [0.5, 0.6) is 0 Å². The molecule has 1 aliphatic heterocycles. The molecule has 26 heavy (non-hydrogen) atoms. The molecule has 1 unspecified atom stereocenters. The SMILES string of the molecule is O=C(CCC1Cc2ccccc2NC1=O)NC12CC3CC(CC(C3)C1)C2. The lowest BCUT2D eigenvalue weighted by Gasteiger charge is -2.57. The maximum absolute atomic E-state index is 12.7. The van der Waals surface area contributed by atoms with E-state index in [9.17, 15) is 9.59 Å². The van der Waals surface area contributed by atoms with Crippen molar-refractivity contribution in [3.63, 3.8) is 0 Å². The van der Waals surface area contributed by atoms with Crippen LogP contribution >= 0.6 is 0 Å². The summed E-state index contributed by atoms with van der Waals surface area (Å²) < 4.78 is 0. The number of rotatable bonds is 4. The average Bonchev–Trinajstić information content (AvgIpc) is 2.58. The quantitative estimate of drug-likeness (QED) is 0.869. The number of nitrogens with one attached hydrogen (secondary N) is 2. The topological polar surface area (TPSA) is 58.2 Å². The lowest BCUT2D eigenvalue weighted by molar-refractivity contribution is -0.127. The molecule has 4 saturated carbocycles. The standard InChI is InChI=1S/C22H28N2O2/c25-20(24-22-11-14-7-15(12-22)9-16(8-14)13-22)6-5-18-10-17-3-1-2-4-19(17)23-21(18)26/h1-4,14-16,18H,5-13H2,(H,23,26)(H,24,25). The van der Waals surface area contributed by atoms with Crippen LogP contribution < -0.4 is 10.6 Å². The van der Waals surface area contributed by atoms with E-state index >= 15 is 0 Å². The Morgan fingerprint density at radius 2 is 1.73 bits per heavy atom. The highest BCUT2D eigenvalue weighted by Crippen LogP contribution is 2.55. The van der Waals surface area contributed by atoms with E-state index in [-0.39, 0.29) is 23.3 Å². The minimum atomic E-state index is -0.0907. The van der Waals surface area contributed by atoms with Crippen LogP contribution in [0, 0.1) is 23.7 Å². The Bertz CT molecular complexity index is 706. The molecule has 4 aliphatic carbocycles. The van der Waals surface area contributed by atoms with E-state index < -0.39 is 0 Å². The monoisotopic (exact) mass is 352 g/mol. The fraction of sp³-hybridized carbons (Fsp3) is 0.636. The van der Waals surface area contributed by atoms with Gasteiger partial charge in [-0.15, -0.1) is 0 Å². The van der Waals surface area contributed by atoms with Crippen LogP contribution in [0.25, 0.3) is 0 Å². The van der Waals surface area contributed by atoms with E-state index in [1.807, 2.05) is 18.2 Å². The molecule has 1 aromatic carbocycles. The second-order valence-electron chi connectivity index (χ2n) is 9.33. The fourth-order valence-corrected chi connectivity index (χ4v) is 6.57. The number of benzene rings is 1. The Balaban J connectivity index is 1.19.